The van der Waals surface area contributed by atoms with E-state index >= 15 is 0 Å². The molecule has 0 saturated carbocycles. The second-order valence-electron chi connectivity index (χ2n) is 4.26. The van der Waals surface area contributed by atoms with Crippen LogP contribution >= 0.6 is 11.3 Å². The van der Waals surface area contributed by atoms with Crippen molar-refractivity contribution in [1.29, 1.82) is 0 Å². The van der Waals surface area contributed by atoms with Gasteiger partial charge in [-0.3, -0.25) is 0 Å². The highest BCUT2D eigenvalue weighted by atomic mass is 32.1. The van der Waals surface area contributed by atoms with Gasteiger partial charge < -0.3 is 10.5 Å². The molecule has 0 amide bonds. The lowest BCUT2D eigenvalue weighted by molar-refractivity contribution is 0.101. The van der Waals surface area contributed by atoms with Gasteiger partial charge in [0, 0.05) is 17.5 Å². The van der Waals surface area contributed by atoms with Crippen molar-refractivity contribution in [2.24, 2.45) is 5.73 Å². The minimum absolute atomic E-state index is 0.299. The number of hydrogen-bond donors (Lipinski definition) is 1. The Morgan fingerprint density at radius 3 is 3.20 bits per heavy atom. The molecule has 2 atom stereocenters. The highest BCUT2D eigenvalue weighted by Crippen LogP contribution is 2.19. The summed E-state index contributed by atoms with van der Waals surface area (Å²) in [7, 11) is 0. The van der Waals surface area contributed by atoms with Gasteiger partial charge in [-0.1, -0.05) is 6.07 Å². The van der Waals surface area contributed by atoms with Crippen LogP contribution < -0.4 is 5.73 Å². The van der Waals surface area contributed by atoms with Gasteiger partial charge in [0.1, 0.15) is 0 Å². The van der Waals surface area contributed by atoms with Gasteiger partial charge in [0.25, 0.3) is 0 Å². The van der Waals surface area contributed by atoms with E-state index in [0.29, 0.717) is 12.1 Å². The molecule has 1 fully saturated rings. The molecule has 2 rings (SSSR count). The van der Waals surface area contributed by atoms with E-state index in [1.807, 2.05) is 0 Å². The summed E-state index contributed by atoms with van der Waals surface area (Å²) in [5.74, 6) is 0. The maximum absolute atomic E-state index is 6.09. The average molecular weight is 225 g/mol. The van der Waals surface area contributed by atoms with Gasteiger partial charge in [0.2, 0.25) is 0 Å². The molecule has 2 unspecified atom stereocenters. The van der Waals surface area contributed by atoms with E-state index in [4.69, 9.17) is 10.5 Å². The summed E-state index contributed by atoms with van der Waals surface area (Å²) < 4.78 is 5.59. The first-order valence-corrected chi connectivity index (χ1v) is 6.62. The predicted molar refractivity (Wildman–Crippen MR) is 64.2 cm³/mol. The summed E-state index contributed by atoms with van der Waals surface area (Å²) >= 11 is 1.80. The van der Waals surface area contributed by atoms with Crippen molar-refractivity contribution in [3.8, 4) is 0 Å². The molecule has 0 aromatic carbocycles. The van der Waals surface area contributed by atoms with Crippen LogP contribution in [0.4, 0.5) is 0 Å². The first-order valence-electron chi connectivity index (χ1n) is 5.74. The van der Waals surface area contributed by atoms with E-state index < -0.39 is 0 Å². The van der Waals surface area contributed by atoms with E-state index in [0.717, 1.165) is 25.9 Å². The summed E-state index contributed by atoms with van der Waals surface area (Å²) in [6.45, 7) is 0.949. The molecule has 2 heterocycles. The number of hydrogen-bond acceptors (Lipinski definition) is 3. The summed E-state index contributed by atoms with van der Waals surface area (Å²) in [5.41, 5.74) is 6.09. The molecule has 1 aliphatic heterocycles. The van der Waals surface area contributed by atoms with Crippen LogP contribution in [0.3, 0.4) is 0 Å². The first kappa shape index (κ1) is 11.1. The molecular weight excluding hydrogens is 206 g/mol. The van der Waals surface area contributed by atoms with Gasteiger partial charge >= 0.3 is 0 Å². The van der Waals surface area contributed by atoms with Gasteiger partial charge in [-0.15, -0.1) is 11.3 Å². The largest absolute Gasteiger partial charge is 0.378 e. The molecule has 15 heavy (non-hydrogen) atoms. The smallest absolute Gasteiger partial charge is 0.0576 e. The normalized spacial score (nSPS) is 23.1. The molecule has 84 valence electrons. The van der Waals surface area contributed by atoms with Gasteiger partial charge in [-0.05, 0) is 43.6 Å². The fourth-order valence-electron chi connectivity index (χ4n) is 2.06. The fourth-order valence-corrected chi connectivity index (χ4v) is 2.86. The van der Waals surface area contributed by atoms with Crippen LogP contribution in [0.1, 0.15) is 30.6 Å². The Labute approximate surface area is 95.4 Å². The minimum atomic E-state index is 0.299. The van der Waals surface area contributed by atoms with Crippen molar-refractivity contribution in [3.05, 3.63) is 22.4 Å². The van der Waals surface area contributed by atoms with Crippen LogP contribution in [-0.2, 0) is 11.2 Å². The van der Waals surface area contributed by atoms with Gasteiger partial charge in [-0.25, -0.2) is 0 Å². The maximum atomic E-state index is 6.09. The maximum Gasteiger partial charge on any atom is 0.0576 e. The third-order valence-electron chi connectivity index (χ3n) is 2.93. The number of ether oxygens (including phenoxy) is 1. The topological polar surface area (TPSA) is 35.2 Å². The van der Waals surface area contributed by atoms with Crippen LogP contribution in [0, 0.1) is 0 Å². The van der Waals surface area contributed by atoms with Crippen LogP contribution in [0.2, 0.25) is 0 Å². The Morgan fingerprint density at radius 1 is 1.60 bits per heavy atom. The van der Waals surface area contributed by atoms with Crippen LogP contribution in [-0.4, -0.2) is 18.8 Å². The van der Waals surface area contributed by atoms with Crippen LogP contribution in [0.5, 0.6) is 0 Å². The van der Waals surface area contributed by atoms with Gasteiger partial charge in [0.15, 0.2) is 0 Å². The summed E-state index contributed by atoms with van der Waals surface area (Å²) in [6.07, 6.45) is 6.18. The number of thiophene rings is 1. The van der Waals surface area contributed by atoms with Crippen molar-refractivity contribution in [2.75, 3.05) is 6.61 Å². The number of nitrogens with two attached hydrogens (primary N) is 1. The summed E-state index contributed by atoms with van der Waals surface area (Å²) in [5, 5.41) is 2.11. The molecule has 2 nitrogen and oxygen atoms in total. The first-order chi connectivity index (χ1) is 7.34. The van der Waals surface area contributed by atoms with Crippen molar-refractivity contribution in [1.82, 2.24) is 0 Å². The Balaban J connectivity index is 1.66. The molecule has 0 spiro atoms. The third kappa shape index (κ3) is 3.59. The molecule has 1 aromatic rings. The molecule has 1 aliphatic rings. The lowest BCUT2D eigenvalue weighted by Gasteiger charge is -2.13. The van der Waals surface area contributed by atoms with Crippen molar-refractivity contribution in [2.45, 2.75) is 44.2 Å². The van der Waals surface area contributed by atoms with Crippen LogP contribution in [0.25, 0.3) is 0 Å². The Kier molecular flexibility index (Phi) is 4.18. The fraction of sp³-hybridized carbons (Fsp3) is 0.667. The van der Waals surface area contributed by atoms with Crippen molar-refractivity contribution in [3.63, 3.8) is 0 Å². The molecule has 0 bridgehead atoms. The zero-order chi connectivity index (χ0) is 10.5. The van der Waals surface area contributed by atoms with E-state index in [-0.39, 0.29) is 0 Å². The Bertz CT molecular complexity index is 267. The predicted octanol–water partition coefficient (Wildman–Crippen LogP) is 2.58. The Hall–Kier alpha value is -0.380. The van der Waals surface area contributed by atoms with E-state index in [1.54, 1.807) is 11.3 Å². The second-order valence-corrected chi connectivity index (χ2v) is 5.29. The van der Waals surface area contributed by atoms with Crippen molar-refractivity contribution < 1.29 is 4.74 Å². The molecule has 1 saturated heterocycles. The molecular formula is C12H19NOS. The van der Waals surface area contributed by atoms with E-state index in [9.17, 15) is 0 Å². The van der Waals surface area contributed by atoms with E-state index in [2.05, 4.69) is 17.5 Å². The zero-order valence-electron chi connectivity index (χ0n) is 9.02. The number of rotatable bonds is 5. The zero-order valence-corrected chi connectivity index (χ0v) is 9.84. The average Bonchev–Trinajstić information content (AvgIpc) is 2.86. The molecule has 0 radical (unpaired) electrons. The van der Waals surface area contributed by atoms with E-state index in [1.165, 1.54) is 17.7 Å². The highest BCUT2D eigenvalue weighted by molar-refractivity contribution is 7.09. The second kappa shape index (κ2) is 5.64. The standard InChI is InChI=1S/C12H19NOS/c13-10(9-12-4-2-8-15-12)5-6-11-3-1-7-14-11/h2,4,8,10-11H,1,3,5-7,9,13H2. The molecule has 3 heteroatoms. The van der Waals surface area contributed by atoms with Crippen molar-refractivity contribution >= 4 is 11.3 Å². The lowest BCUT2D eigenvalue weighted by Crippen LogP contribution is -2.24. The SMILES string of the molecule is NC(CCC1CCCO1)Cc1cccs1. The highest BCUT2D eigenvalue weighted by Gasteiger charge is 2.16. The summed E-state index contributed by atoms with van der Waals surface area (Å²) in [6, 6.07) is 4.55. The lowest BCUT2D eigenvalue weighted by atomic mass is 10.0. The van der Waals surface area contributed by atoms with Crippen LogP contribution in [0.15, 0.2) is 17.5 Å². The quantitative estimate of drug-likeness (QED) is 0.836. The Morgan fingerprint density at radius 2 is 2.53 bits per heavy atom. The van der Waals surface area contributed by atoms with Gasteiger partial charge in [0.05, 0.1) is 6.10 Å². The summed E-state index contributed by atoms with van der Waals surface area (Å²) in [4.78, 5) is 1.40. The molecule has 0 aliphatic carbocycles. The molecule has 1 aromatic heterocycles. The monoisotopic (exact) mass is 225 g/mol. The van der Waals surface area contributed by atoms with Gasteiger partial charge in [-0.2, -0.15) is 0 Å². The molecule has 2 N–H and O–H groups in total. The minimum Gasteiger partial charge on any atom is -0.378 e. The third-order valence-corrected chi connectivity index (χ3v) is 3.83.